The van der Waals surface area contributed by atoms with Gasteiger partial charge >= 0.3 is 0 Å². The molecule has 0 spiro atoms. The molecule has 4 rings (SSSR count). The zero-order valence-electron chi connectivity index (χ0n) is 19.3. The molecule has 0 unspecified atom stereocenters. The number of nitrogens with one attached hydrogen (secondary N) is 1. The second kappa shape index (κ2) is 10.4. The van der Waals surface area contributed by atoms with Gasteiger partial charge in [0.1, 0.15) is 5.52 Å². The number of fused-ring (bicyclic) bond motifs is 1. The molecular formula is C25H26ClN5O2S. The number of aromatic nitrogens is 4. The molecular weight excluding hydrogens is 470 g/mol. The first-order valence-electron chi connectivity index (χ1n) is 11.0. The van der Waals surface area contributed by atoms with E-state index in [0.29, 0.717) is 46.5 Å². The van der Waals surface area contributed by atoms with Gasteiger partial charge in [-0.3, -0.25) is 18.8 Å². The smallest absolute Gasteiger partial charge is 0.280 e. The summed E-state index contributed by atoms with van der Waals surface area (Å²) in [5.41, 5.74) is 4.71. The molecule has 1 amide bonds. The van der Waals surface area contributed by atoms with Crippen molar-refractivity contribution in [3.8, 4) is 0 Å². The first-order chi connectivity index (χ1) is 16.4. The molecule has 2 aromatic carbocycles. The summed E-state index contributed by atoms with van der Waals surface area (Å²) >= 11 is 7.17. The van der Waals surface area contributed by atoms with Crippen LogP contribution in [-0.2, 0) is 24.4 Å². The lowest BCUT2D eigenvalue weighted by Gasteiger charge is -2.13. The van der Waals surface area contributed by atoms with Crippen molar-refractivity contribution < 1.29 is 4.79 Å². The molecule has 0 aliphatic carbocycles. The third kappa shape index (κ3) is 5.34. The van der Waals surface area contributed by atoms with Gasteiger partial charge in [0.05, 0.1) is 18.0 Å². The minimum atomic E-state index is -0.155. The lowest BCUT2D eigenvalue weighted by Crippen LogP contribution is -2.27. The Labute approximate surface area is 207 Å². The minimum Gasteiger partial charge on any atom is -0.351 e. The van der Waals surface area contributed by atoms with Gasteiger partial charge in [0, 0.05) is 18.1 Å². The number of carbonyl (C=O) groups is 1. The van der Waals surface area contributed by atoms with Crippen molar-refractivity contribution in [2.45, 2.75) is 45.6 Å². The van der Waals surface area contributed by atoms with Crippen molar-refractivity contribution in [3.63, 3.8) is 0 Å². The van der Waals surface area contributed by atoms with E-state index in [1.54, 1.807) is 21.4 Å². The number of amides is 1. The predicted molar refractivity (Wildman–Crippen MR) is 137 cm³/mol. The van der Waals surface area contributed by atoms with Crippen LogP contribution in [-0.4, -0.2) is 31.0 Å². The molecule has 9 heteroatoms. The maximum absolute atomic E-state index is 13.5. The van der Waals surface area contributed by atoms with Gasteiger partial charge in [-0.1, -0.05) is 65.3 Å². The van der Waals surface area contributed by atoms with Crippen LogP contribution in [0.2, 0.25) is 5.02 Å². The number of thioether (sulfide) groups is 1. The SMILES string of the molecule is CCn1nc(C)c2nc(SCC(=O)NCc3ccc(Cl)cc3)n(Cc3ccc(C)cc3)c(=O)c21. The average Bonchev–Trinajstić information content (AvgIpc) is 3.16. The van der Waals surface area contributed by atoms with Crippen LogP contribution in [0, 0.1) is 13.8 Å². The zero-order chi connectivity index (χ0) is 24.2. The van der Waals surface area contributed by atoms with E-state index in [4.69, 9.17) is 16.6 Å². The van der Waals surface area contributed by atoms with Crippen molar-refractivity contribution in [2.75, 3.05) is 5.75 Å². The lowest BCUT2D eigenvalue weighted by molar-refractivity contribution is -0.118. The zero-order valence-corrected chi connectivity index (χ0v) is 20.9. The monoisotopic (exact) mass is 495 g/mol. The summed E-state index contributed by atoms with van der Waals surface area (Å²) < 4.78 is 3.33. The van der Waals surface area contributed by atoms with Crippen LogP contribution < -0.4 is 10.9 Å². The number of hydrogen-bond donors (Lipinski definition) is 1. The Morgan fingerprint density at radius 2 is 1.74 bits per heavy atom. The van der Waals surface area contributed by atoms with Gasteiger partial charge in [-0.15, -0.1) is 0 Å². The summed E-state index contributed by atoms with van der Waals surface area (Å²) in [6.07, 6.45) is 0. The molecule has 0 fully saturated rings. The first-order valence-corrected chi connectivity index (χ1v) is 12.4. The summed E-state index contributed by atoms with van der Waals surface area (Å²) in [5.74, 6) is -0.00224. The van der Waals surface area contributed by atoms with Gasteiger partial charge < -0.3 is 5.32 Å². The van der Waals surface area contributed by atoms with Crippen LogP contribution >= 0.6 is 23.4 Å². The largest absolute Gasteiger partial charge is 0.351 e. The summed E-state index contributed by atoms with van der Waals surface area (Å²) in [6, 6.07) is 15.4. The summed E-state index contributed by atoms with van der Waals surface area (Å²) in [6.45, 7) is 7.16. The van der Waals surface area contributed by atoms with Crippen LogP contribution in [0.3, 0.4) is 0 Å². The van der Waals surface area contributed by atoms with E-state index in [1.165, 1.54) is 11.8 Å². The van der Waals surface area contributed by atoms with Crippen molar-refractivity contribution in [1.82, 2.24) is 24.6 Å². The fourth-order valence-corrected chi connectivity index (χ4v) is 4.57. The third-order valence-electron chi connectivity index (χ3n) is 5.48. The molecule has 0 saturated carbocycles. The fourth-order valence-electron chi connectivity index (χ4n) is 3.63. The second-order valence-electron chi connectivity index (χ2n) is 8.06. The number of benzene rings is 2. The van der Waals surface area contributed by atoms with E-state index < -0.39 is 0 Å². The molecule has 0 aliphatic rings. The minimum absolute atomic E-state index is 0.139. The molecule has 34 heavy (non-hydrogen) atoms. The molecule has 0 aliphatic heterocycles. The molecule has 0 bridgehead atoms. The Morgan fingerprint density at radius 3 is 2.41 bits per heavy atom. The second-order valence-corrected chi connectivity index (χ2v) is 9.44. The molecule has 1 N–H and O–H groups in total. The van der Waals surface area contributed by atoms with E-state index in [2.05, 4.69) is 10.4 Å². The van der Waals surface area contributed by atoms with Crippen LogP contribution in [0.1, 0.15) is 29.3 Å². The highest BCUT2D eigenvalue weighted by atomic mass is 35.5. The van der Waals surface area contributed by atoms with E-state index in [-0.39, 0.29) is 17.2 Å². The molecule has 176 valence electrons. The van der Waals surface area contributed by atoms with Crippen LogP contribution in [0.5, 0.6) is 0 Å². The predicted octanol–water partition coefficient (Wildman–Crippen LogP) is 4.34. The van der Waals surface area contributed by atoms with Gasteiger partial charge in [0.25, 0.3) is 5.56 Å². The van der Waals surface area contributed by atoms with Gasteiger partial charge in [0.15, 0.2) is 10.7 Å². The van der Waals surface area contributed by atoms with E-state index in [9.17, 15) is 9.59 Å². The van der Waals surface area contributed by atoms with Crippen LogP contribution in [0.4, 0.5) is 0 Å². The van der Waals surface area contributed by atoms with E-state index >= 15 is 0 Å². The molecule has 7 nitrogen and oxygen atoms in total. The normalized spacial score (nSPS) is 11.2. The van der Waals surface area contributed by atoms with Crippen molar-refractivity contribution in [2.24, 2.45) is 0 Å². The third-order valence-corrected chi connectivity index (χ3v) is 6.71. The van der Waals surface area contributed by atoms with Gasteiger partial charge in [-0.05, 0) is 44.0 Å². The molecule has 0 radical (unpaired) electrons. The number of nitrogens with zero attached hydrogens (tertiary/aromatic N) is 4. The molecule has 0 atom stereocenters. The van der Waals surface area contributed by atoms with E-state index in [1.807, 2.05) is 57.2 Å². The highest BCUT2D eigenvalue weighted by Gasteiger charge is 2.19. The van der Waals surface area contributed by atoms with E-state index in [0.717, 1.165) is 16.7 Å². The summed E-state index contributed by atoms with van der Waals surface area (Å²) in [4.78, 5) is 30.8. The Balaban J connectivity index is 1.59. The number of halogens is 1. The maximum Gasteiger partial charge on any atom is 0.280 e. The Kier molecular flexibility index (Phi) is 7.38. The Hall–Kier alpha value is -3.10. The van der Waals surface area contributed by atoms with Crippen LogP contribution in [0.15, 0.2) is 58.5 Å². The summed E-state index contributed by atoms with van der Waals surface area (Å²) in [7, 11) is 0. The highest BCUT2D eigenvalue weighted by Crippen LogP contribution is 2.21. The highest BCUT2D eigenvalue weighted by molar-refractivity contribution is 7.99. The molecule has 0 saturated heterocycles. The standard InChI is InChI=1S/C25H26ClN5O2S/c1-4-31-23-22(17(3)29-31)28-25(30(24(23)33)14-19-7-5-16(2)6-8-19)34-15-21(32)27-13-18-9-11-20(26)12-10-18/h5-12H,4,13-15H2,1-3H3,(H,27,32). The van der Waals surface area contributed by atoms with Gasteiger partial charge in [-0.2, -0.15) is 5.10 Å². The Morgan fingerprint density at radius 1 is 1.06 bits per heavy atom. The van der Waals surface area contributed by atoms with Gasteiger partial charge in [-0.25, -0.2) is 4.98 Å². The number of carbonyl (C=O) groups excluding carboxylic acids is 1. The number of hydrogen-bond acceptors (Lipinski definition) is 5. The number of rotatable bonds is 8. The maximum atomic E-state index is 13.5. The Bertz CT molecular complexity index is 1380. The first kappa shape index (κ1) is 24.0. The summed E-state index contributed by atoms with van der Waals surface area (Å²) in [5, 5.41) is 8.53. The van der Waals surface area contributed by atoms with Crippen molar-refractivity contribution in [1.29, 1.82) is 0 Å². The number of aryl methyl sites for hydroxylation is 3. The fraction of sp³-hybridized carbons (Fsp3) is 0.280. The average molecular weight is 496 g/mol. The quantitative estimate of drug-likeness (QED) is 0.290. The lowest BCUT2D eigenvalue weighted by atomic mass is 10.1. The van der Waals surface area contributed by atoms with Crippen LogP contribution in [0.25, 0.3) is 11.0 Å². The topological polar surface area (TPSA) is 81.8 Å². The molecule has 4 aromatic rings. The van der Waals surface area contributed by atoms with Gasteiger partial charge in [0.2, 0.25) is 5.91 Å². The van der Waals surface area contributed by atoms with Crippen molar-refractivity contribution >= 4 is 40.3 Å². The van der Waals surface area contributed by atoms with Crippen molar-refractivity contribution in [3.05, 3.63) is 86.3 Å². The molecule has 2 heterocycles. The molecule has 2 aromatic heterocycles.